The molecule has 1 unspecified atom stereocenters. The second kappa shape index (κ2) is 6.44. The van der Waals surface area contributed by atoms with E-state index in [2.05, 4.69) is 40.6 Å². The number of nitrogens with one attached hydrogen (secondary N) is 1. The first-order valence-corrected chi connectivity index (χ1v) is 8.16. The quantitative estimate of drug-likeness (QED) is 0.671. The molecule has 2 aromatic rings. The van der Waals surface area contributed by atoms with Crippen LogP contribution in [0.4, 0.5) is 5.69 Å². The highest BCUT2D eigenvalue weighted by atomic mass is 16.5. The van der Waals surface area contributed by atoms with Crippen molar-refractivity contribution >= 4 is 11.6 Å². The molecule has 0 spiro atoms. The summed E-state index contributed by atoms with van der Waals surface area (Å²) >= 11 is 0. The molecule has 0 amide bonds. The molecule has 23 heavy (non-hydrogen) atoms. The molecule has 5 nitrogen and oxygen atoms in total. The Kier molecular flexibility index (Phi) is 4.37. The Balaban J connectivity index is 1.64. The van der Waals surface area contributed by atoms with Crippen LogP contribution in [-0.2, 0) is 12.8 Å². The van der Waals surface area contributed by atoms with Crippen molar-refractivity contribution < 1.29 is 4.52 Å². The summed E-state index contributed by atoms with van der Waals surface area (Å²) in [4.78, 5) is 4.46. The minimum atomic E-state index is 0.224. The van der Waals surface area contributed by atoms with Gasteiger partial charge in [-0.1, -0.05) is 18.1 Å². The average molecular weight is 312 g/mol. The zero-order valence-corrected chi connectivity index (χ0v) is 14.0. The average Bonchev–Trinajstić information content (AvgIpc) is 3.11. The van der Waals surface area contributed by atoms with Gasteiger partial charge in [0.1, 0.15) is 5.76 Å². The number of rotatable bonds is 4. The van der Waals surface area contributed by atoms with E-state index in [-0.39, 0.29) is 5.92 Å². The molecule has 0 bridgehead atoms. The number of fused-ring (bicyclic) bond motifs is 1. The monoisotopic (exact) mass is 312 g/mol. The third kappa shape index (κ3) is 3.38. The van der Waals surface area contributed by atoms with Crippen molar-refractivity contribution in [1.29, 1.82) is 0 Å². The van der Waals surface area contributed by atoms with Crippen LogP contribution in [0.3, 0.4) is 0 Å². The van der Waals surface area contributed by atoms with Crippen LogP contribution in [0.1, 0.15) is 47.4 Å². The summed E-state index contributed by atoms with van der Waals surface area (Å²) in [5.74, 6) is 1.53. The molecule has 1 aromatic heterocycles. The van der Waals surface area contributed by atoms with E-state index in [0.717, 1.165) is 29.1 Å². The van der Waals surface area contributed by atoms with Crippen molar-refractivity contribution in [2.45, 2.75) is 46.0 Å². The molecule has 3 rings (SSSR count). The molecule has 1 aliphatic rings. The maximum Gasteiger partial charge on any atom is 0.193 e. The number of guanidine groups is 1. The molecule has 1 heterocycles. The van der Waals surface area contributed by atoms with Gasteiger partial charge in [0.25, 0.3) is 0 Å². The molecule has 1 atom stereocenters. The van der Waals surface area contributed by atoms with E-state index in [9.17, 15) is 0 Å². The number of hydrogen-bond donors (Lipinski definition) is 2. The van der Waals surface area contributed by atoms with Crippen LogP contribution in [0, 0.1) is 13.8 Å². The number of aryl methyl sites for hydroxylation is 4. The number of aromatic nitrogens is 1. The molecule has 122 valence electrons. The molecule has 0 saturated carbocycles. The van der Waals surface area contributed by atoms with Crippen molar-refractivity contribution in [3.05, 3.63) is 46.3 Å². The Labute approximate surface area is 137 Å². The van der Waals surface area contributed by atoms with Crippen molar-refractivity contribution in [1.82, 2.24) is 5.16 Å². The fourth-order valence-electron chi connectivity index (χ4n) is 3.36. The first-order valence-electron chi connectivity index (χ1n) is 8.16. The lowest BCUT2D eigenvalue weighted by molar-refractivity contribution is 0.391. The maximum absolute atomic E-state index is 6.03. The Hall–Kier alpha value is -2.30. The predicted molar refractivity (Wildman–Crippen MR) is 93.0 cm³/mol. The summed E-state index contributed by atoms with van der Waals surface area (Å²) in [7, 11) is 0. The molecule has 3 N–H and O–H groups in total. The number of anilines is 1. The van der Waals surface area contributed by atoms with Crippen molar-refractivity contribution in [2.24, 2.45) is 10.7 Å². The van der Waals surface area contributed by atoms with Crippen LogP contribution < -0.4 is 11.1 Å². The molecular formula is C18H24N4O. The standard InChI is InChI=1S/C18H24N4O/c1-11(17-12(2)22-23-13(17)3)10-20-18(19)21-16-8-7-14-5-4-6-15(14)9-16/h7-9,11H,4-6,10H2,1-3H3,(H3,19,20,21). The van der Waals surface area contributed by atoms with E-state index < -0.39 is 0 Å². The van der Waals surface area contributed by atoms with Crippen molar-refractivity contribution in [3.8, 4) is 0 Å². The maximum atomic E-state index is 6.03. The Bertz CT molecular complexity index is 713. The van der Waals surface area contributed by atoms with E-state index in [1.807, 2.05) is 13.8 Å². The normalized spacial score (nSPS) is 15.5. The van der Waals surface area contributed by atoms with Gasteiger partial charge < -0.3 is 15.6 Å². The summed E-state index contributed by atoms with van der Waals surface area (Å²) in [5.41, 5.74) is 12.0. The van der Waals surface area contributed by atoms with Crippen LogP contribution in [-0.4, -0.2) is 17.7 Å². The van der Waals surface area contributed by atoms with Gasteiger partial charge in [-0.25, -0.2) is 0 Å². The van der Waals surface area contributed by atoms with Crippen molar-refractivity contribution in [2.75, 3.05) is 11.9 Å². The zero-order valence-electron chi connectivity index (χ0n) is 14.0. The van der Waals surface area contributed by atoms with Gasteiger partial charge in [0.05, 0.1) is 5.69 Å². The highest BCUT2D eigenvalue weighted by Crippen LogP contribution is 2.25. The lowest BCUT2D eigenvalue weighted by Crippen LogP contribution is -2.23. The number of hydrogen-bond acceptors (Lipinski definition) is 3. The highest BCUT2D eigenvalue weighted by molar-refractivity contribution is 5.92. The molecule has 5 heteroatoms. The first kappa shape index (κ1) is 15.6. The van der Waals surface area contributed by atoms with Crippen molar-refractivity contribution in [3.63, 3.8) is 0 Å². The second-order valence-electron chi connectivity index (χ2n) is 6.33. The lowest BCUT2D eigenvalue weighted by atomic mass is 10.00. The van der Waals surface area contributed by atoms with Gasteiger partial charge in [0.15, 0.2) is 5.96 Å². The van der Waals surface area contributed by atoms with Crippen LogP contribution in [0.15, 0.2) is 27.7 Å². The number of nitrogens with two attached hydrogens (primary N) is 1. The molecule has 0 aliphatic heterocycles. The van der Waals surface area contributed by atoms with E-state index in [1.165, 1.54) is 24.0 Å². The minimum Gasteiger partial charge on any atom is -0.370 e. The largest absolute Gasteiger partial charge is 0.370 e. The molecule has 0 radical (unpaired) electrons. The Morgan fingerprint density at radius 1 is 1.35 bits per heavy atom. The summed E-state index contributed by atoms with van der Waals surface area (Å²) in [6.45, 7) is 6.60. The summed E-state index contributed by atoms with van der Waals surface area (Å²) in [6, 6.07) is 6.44. The van der Waals surface area contributed by atoms with E-state index in [4.69, 9.17) is 10.3 Å². The Morgan fingerprint density at radius 3 is 2.87 bits per heavy atom. The van der Waals surface area contributed by atoms with Crippen LogP contribution >= 0.6 is 0 Å². The smallest absolute Gasteiger partial charge is 0.193 e. The van der Waals surface area contributed by atoms with Crippen LogP contribution in [0.25, 0.3) is 0 Å². The molecule has 1 aliphatic carbocycles. The molecular weight excluding hydrogens is 288 g/mol. The third-order valence-corrected chi connectivity index (χ3v) is 4.49. The first-order chi connectivity index (χ1) is 11.0. The van der Waals surface area contributed by atoms with Crippen LogP contribution in [0.2, 0.25) is 0 Å². The van der Waals surface area contributed by atoms with E-state index in [0.29, 0.717) is 12.5 Å². The SMILES string of the molecule is Cc1noc(C)c1C(C)CN=C(N)Nc1ccc2c(c1)CCC2. The molecule has 1 aromatic carbocycles. The fourth-order valence-corrected chi connectivity index (χ4v) is 3.36. The topological polar surface area (TPSA) is 76.4 Å². The predicted octanol–water partition coefficient (Wildman–Crippen LogP) is 3.31. The third-order valence-electron chi connectivity index (χ3n) is 4.49. The van der Waals surface area contributed by atoms with Gasteiger partial charge in [0, 0.05) is 23.7 Å². The fraction of sp³-hybridized carbons (Fsp3) is 0.444. The highest BCUT2D eigenvalue weighted by Gasteiger charge is 2.16. The number of aliphatic imine (C=N–C) groups is 1. The van der Waals surface area contributed by atoms with Gasteiger partial charge >= 0.3 is 0 Å². The summed E-state index contributed by atoms with van der Waals surface area (Å²) in [5, 5.41) is 7.19. The lowest BCUT2D eigenvalue weighted by Gasteiger charge is -2.11. The van der Waals surface area contributed by atoms with Gasteiger partial charge in [-0.2, -0.15) is 0 Å². The minimum absolute atomic E-state index is 0.224. The molecule has 0 saturated heterocycles. The van der Waals surface area contributed by atoms with Gasteiger partial charge in [-0.3, -0.25) is 4.99 Å². The van der Waals surface area contributed by atoms with Gasteiger partial charge in [-0.05, 0) is 56.4 Å². The zero-order chi connectivity index (χ0) is 16.4. The van der Waals surface area contributed by atoms with Gasteiger partial charge in [-0.15, -0.1) is 0 Å². The van der Waals surface area contributed by atoms with E-state index >= 15 is 0 Å². The summed E-state index contributed by atoms with van der Waals surface area (Å²) < 4.78 is 5.22. The number of nitrogens with zero attached hydrogens (tertiary/aromatic N) is 2. The van der Waals surface area contributed by atoms with Gasteiger partial charge in [0.2, 0.25) is 0 Å². The van der Waals surface area contributed by atoms with E-state index in [1.54, 1.807) is 0 Å². The number of benzene rings is 1. The summed E-state index contributed by atoms with van der Waals surface area (Å²) in [6.07, 6.45) is 3.59. The molecule has 0 fully saturated rings. The Morgan fingerprint density at radius 2 is 2.13 bits per heavy atom. The second-order valence-corrected chi connectivity index (χ2v) is 6.33. The van der Waals surface area contributed by atoms with Crippen LogP contribution in [0.5, 0.6) is 0 Å².